The molecule has 0 bridgehead atoms. The van der Waals surface area contributed by atoms with Gasteiger partial charge in [0.05, 0.1) is 0 Å². The summed E-state index contributed by atoms with van der Waals surface area (Å²) in [5.74, 6) is 0. The number of aryl methyl sites for hydroxylation is 1. The number of rotatable bonds is 11. The van der Waals surface area contributed by atoms with Crippen molar-refractivity contribution in [3.63, 3.8) is 0 Å². The van der Waals surface area contributed by atoms with Crippen LogP contribution in [0.2, 0.25) is 0 Å². The van der Waals surface area contributed by atoms with Gasteiger partial charge in [0.15, 0.2) is 0 Å². The van der Waals surface area contributed by atoms with Crippen LogP contribution in [0.15, 0.2) is 24.3 Å². The van der Waals surface area contributed by atoms with Crippen molar-refractivity contribution in [3.05, 3.63) is 29.8 Å². The Labute approximate surface area is 135 Å². The topological polar surface area (TPSA) is 60.7 Å². The number of benzene rings is 1. The first kappa shape index (κ1) is 19.6. The summed E-state index contributed by atoms with van der Waals surface area (Å²) in [7, 11) is -4.72. The van der Waals surface area contributed by atoms with E-state index in [-0.39, 0.29) is 6.16 Å². The minimum absolute atomic E-state index is 0.0809. The summed E-state index contributed by atoms with van der Waals surface area (Å²) in [4.78, 5) is 31.7. The van der Waals surface area contributed by atoms with Crippen LogP contribution >= 0.6 is 7.28 Å². The maximum atomic E-state index is 10.6. The van der Waals surface area contributed by atoms with Crippen molar-refractivity contribution in [1.29, 1.82) is 0 Å². The van der Waals surface area contributed by atoms with Crippen LogP contribution in [0, 0.1) is 0 Å². The van der Waals surface area contributed by atoms with Gasteiger partial charge in [-0.05, 0) is 0 Å². The first-order valence-corrected chi connectivity index (χ1v) is 11.0. The summed E-state index contributed by atoms with van der Waals surface area (Å²) < 4.78 is 0. The molecule has 0 radical (unpaired) electrons. The molecular weight excluding hydrogens is 295 g/mol. The average Bonchev–Trinajstić information content (AvgIpc) is 2.48. The van der Waals surface area contributed by atoms with E-state index in [9.17, 15) is 14.7 Å². The normalized spacial score (nSPS) is 13.8. The Bertz CT molecular complexity index is 437. The molecule has 128 valence electrons. The van der Waals surface area contributed by atoms with E-state index in [1.54, 1.807) is 12.1 Å². The molecule has 1 aromatic carbocycles. The minimum atomic E-state index is -4.72. The summed E-state index contributed by atoms with van der Waals surface area (Å²) in [6, 6.07) is 7.29. The first-order valence-electron chi connectivity index (χ1n) is 8.73. The van der Waals surface area contributed by atoms with Crippen LogP contribution in [-0.4, -0.2) is 20.8 Å². The van der Waals surface area contributed by atoms with Gasteiger partial charge in [-0.1, -0.05) is 0 Å². The number of hydrogen-bond donors (Lipinski definition) is 3. The second-order valence-electron chi connectivity index (χ2n) is 6.37. The number of hydrogen-bond acceptors (Lipinski definition) is 3. The van der Waals surface area contributed by atoms with E-state index in [1.807, 2.05) is 12.1 Å². The van der Waals surface area contributed by atoms with Gasteiger partial charge < -0.3 is 0 Å². The molecule has 0 heterocycles. The Morgan fingerprint density at radius 3 is 2.00 bits per heavy atom. The molecule has 3 N–H and O–H groups in total. The third-order valence-electron chi connectivity index (χ3n) is 4.21. The molecule has 4 heteroatoms. The Morgan fingerprint density at radius 2 is 1.36 bits per heavy atom. The molecule has 1 rings (SSSR count). The van der Waals surface area contributed by atoms with Crippen molar-refractivity contribution in [2.75, 3.05) is 6.16 Å². The third kappa shape index (κ3) is 6.34. The van der Waals surface area contributed by atoms with E-state index in [0.717, 1.165) is 44.1 Å². The molecular formula is C18H33O3P. The Hall–Kier alpha value is -0.470. The first-order chi connectivity index (χ1) is 10.4. The molecule has 0 fully saturated rings. The molecule has 0 aliphatic heterocycles. The van der Waals surface area contributed by atoms with Crippen molar-refractivity contribution in [2.45, 2.75) is 71.6 Å². The maximum absolute atomic E-state index is 10.6. The van der Waals surface area contributed by atoms with Crippen LogP contribution < -0.4 is 5.30 Å². The molecule has 0 aromatic heterocycles. The summed E-state index contributed by atoms with van der Waals surface area (Å²) in [5.41, 5.74) is 0.888. The van der Waals surface area contributed by atoms with Crippen molar-refractivity contribution < 1.29 is 14.7 Å². The molecule has 0 saturated carbocycles. The van der Waals surface area contributed by atoms with Gasteiger partial charge in [0.25, 0.3) is 0 Å². The van der Waals surface area contributed by atoms with Crippen molar-refractivity contribution >= 4 is 12.6 Å². The van der Waals surface area contributed by atoms with Gasteiger partial charge in [0, 0.05) is 0 Å². The Kier molecular flexibility index (Phi) is 7.99. The third-order valence-corrected chi connectivity index (χ3v) is 6.77. The molecule has 0 atom stereocenters. The SMILES string of the molecule is CCCCCCc1ccccc1P(O)(O)(O)CCCCCC. The fraction of sp³-hybridized carbons (Fsp3) is 0.667. The van der Waals surface area contributed by atoms with Crippen LogP contribution in [0.25, 0.3) is 0 Å². The van der Waals surface area contributed by atoms with Crippen LogP contribution in [0.5, 0.6) is 0 Å². The van der Waals surface area contributed by atoms with Gasteiger partial charge in [-0.2, -0.15) is 0 Å². The van der Waals surface area contributed by atoms with Crippen LogP contribution in [0.3, 0.4) is 0 Å². The summed E-state index contributed by atoms with van der Waals surface area (Å²) in [6.45, 7) is 4.29. The van der Waals surface area contributed by atoms with Crippen molar-refractivity contribution in [3.8, 4) is 0 Å². The van der Waals surface area contributed by atoms with Crippen LogP contribution in [-0.2, 0) is 6.42 Å². The van der Waals surface area contributed by atoms with E-state index in [1.165, 1.54) is 12.8 Å². The number of unbranched alkanes of at least 4 members (excludes halogenated alkanes) is 6. The summed E-state index contributed by atoms with van der Waals surface area (Å²) in [6.07, 6.45) is 9.14. The van der Waals surface area contributed by atoms with Gasteiger partial charge in [0.2, 0.25) is 0 Å². The average molecular weight is 328 g/mol. The monoisotopic (exact) mass is 328 g/mol. The molecule has 22 heavy (non-hydrogen) atoms. The molecule has 0 amide bonds. The zero-order valence-electron chi connectivity index (χ0n) is 14.2. The van der Waals surface area contributed by atoms with E-state index in [4.69, 9.17) is 0 Å². The Morgan fingerprint density at radius 1 is 0.773 bits per heavy atom. The molecule has 0 spiro atoms. The van der Waals surface area contributed by atoms with Crippen LogP contribution in [0.1, 0.15) is 70.8 Å². The molecule has 1 aromatic rings. The molecule has 0 aliphatic rings. The summed E-state index contributed by atoms with van der Waals surface area (Å²) >= 11 is 0. The van der Waals surface area contributed by atoms with Gasteiger partial charge in [-0.15, -0.1) is 0 Å². The van der Waals surface area contributed by atoms with Gasteiger partial charge in [-0.3, -0.25) is 0 Å². The van der Waals surface area contributed by atoms with E-state index in [0.29, 0.717) is 11.7 Å². The molecule has 0 aliphatic carbocycles. The van der Waals surface area contributed by atoms with Crippen molar-refractivity contribution in [1.82, 2.24) is 0 Å². The molecule has 0 unspecified atom stereocenters. The van der Waals surface area contributed by atoms with Gasteiger partial charge in [-0.25, -0.2) is 0 Å². The predicted octanol–water partition coefficient (Wildman–Crippen LogP) is 4.29. The second-order valence-corrected chi connectivity index (χ2v) is 9.60. The fourth-order valence-electron chi connectivity index (χ4n) is 2.86. The standard InChI is InChI=1S/C18H33O3P/c1-3-5-7-9-13-17-14-10-11-15-18(17)22(19,20,21)16-12-8-6-4-2/h10-11,14-15,19-21H,3-9,12-13,16H2,1-2H3. The van der Waals surface area contributed by atoms with E-state index < -0.39 is 7.28 Å². The quantitative estimate of drug-likeness (QED) is 0.419. The van der Waals surface area contributed by atoms with E-state index >= 15 is 0 Å². The second kappa shape index (κ2) is 8.98. The molecule has 0 saturated heterocycles. The summed E-state index contributed by atoms with van der Waals surface area (Å²) in [5, 5.41) is 0.376. The van der Waals surface area contributed by atoms with Crippen LogP contribution in [0.4, 0.5) is 0 Å². The van der Waals surface area contributed by atoms with Crippen molar-refractivity contribution in [2.24, 2.45) is 0 Å². The van der Waals surface area contributed by atoms with Gasteiger partial charge >= 0.3 is 135 Å². The molecule has 3 nitrogen and oxygen atoms in total. The van der Waals surface area contributed by atoms with E-state index in [2.05, 4.69) is 13.8 Å². The fourth-order valence-corrected chi connectivity index (χ4v) is 5.07. The zero-order chi connectivity index (χ0) is 16.5. The van der Waals surface area contributed by atoms with Gasteiger partial charge in [0.1, 0.15) is 0 Å². The predicted molar refractivity (Wildman–Crippen MR) is 96.5 cm³/mol. The zero-order valence-corrected chi connectivity index (χ0v) is 15.1. The Balaban J connectivity index is 2.78.